The van der Waals surface area contributed by atoms with E-state index < -0.39 is 35.7 Å². The van der Waals surface area contributed by atoms with E-state index in [0.717, 1.165) is 0 Å². The summed E-state index contributed by atoms with van der Waals surface area (Å²) in [6.07, 6.45) is -6.85. The molecular weight excluding hydrogens is 217 g/mol. The fraction of sp³-hybridized carbons (Fsp3) is 0.429. The van der Waals surface area contributed by atoms with Crippen LogP contribution in [0.2, 0.25) is 0 Å². The van der Waals surface area contributed by atoms with E-state index in [1.54, 1.807) is 0 Å². The van der Waals surface area contributed by atoms with Gasteiger partial charge in [0.15, 0.2) is 11.7 Å². The molecule has 80 valence electrons. The second kappa shape index (κ2) is 2.99. The zero-order chi connectivity index (χ0) is 11.1. The molecule has 1 atom stereocenters. The fourth-order valence-electron chi connectivity index (χ4n) is 0.961. The van der Waals surface area contributed by atoms with Crippen LogP contribution in [-0.4, -0.2) is 11.8 Å². The van der Waals surface area contributed by atoms with Crippen LogP contribution in [0.4, 0.5) is 30.7 Å². The first-order chi connectivity index (χ1) is 6.21. The Labute approximate surface area is 73.7 Å². The monoisotopic (exact) mass is 220 g/mol. The predicted molar refractivity (Wildman–Crippen MR) is 32.9 cm³/mol. The Morgan fingerprint density at radius 2 is 1.64 bits per heavy atom. The van der Waals surface area contributed by atoms with E-state index in [2.05, 4.69) is 0 Å². The molecule has 0 spiro atoms. The highest BCUT2D eigenvalue weighted by molar-refractivity contribution is 5.34. The van der Waals surface area contributed by atoms with Crippen molar-refractivity contribution >= 4 is 0 Å². The van der Waals surface area contributed by atoms with Crippen LogP contribution >= 0.6 is 0 Å². The molecule has 1 aliphatic rings. The van der Waals surface area contributed by atoms with Gasteiger partial charge in [-0.2, -0.15) is 13.2 Å². The van der Waals surface area contributed by atoms with E-state index >= 15 is 0 Å². The van der Waals surface area contributed by atoms with Crippen molar-refractivity contribution < 1.29 is 30.7 Å². The smallest absolute Gasteiger partial charge is 0.218 e. The van der Waals surface area contributed by atoms with Crippen molar-refractivity contribution in [1.82, 2.24) is 0 Å². The minimum atomic E-state index is -5.85. The van der Waals surface area contributed by atoms with Crippen LogP contribution in [0.5, 0.6) is 0 Å². The van der Waals surface area contributed by atoms with Crippen molar-refractivity contribution in [2.24, 2.45) is 0 Å². The molecule has 0 aromatic rings. The predicted octanol–water partition coefficient (Wildman–Crippen LogP) is 3.66. The van der Waals surface area contributed by atoms with E-state index in [4.69, 9.17) is 0 Å². The molecule has 0 heterocycles. The van der Waals surface area contributed by atoms with Crippen LogP contribution in [0.15, 0.2) is 23.6 Å². The van der Waals surface area contributed by atoms with Crippen LogP contribution in [0.3, 0.4) is 0 Å². The molecule has 7 heteroatoms. The number of hydrogen-bond donors (Lipinski definition) is 0. The van der Waals surface area contributed by atoms with Gasteiger partial charge >= 0.3 is 11.8 Å². The highest BCUT2D eigenvalue weighted by Gasteiger charge is 2.65. The Hall–Kier alpha value is -1.01. The van der Waals surface area contributed by atoms with E-state index in [-0.39, 0.29) is 6.08 Å². The maximum Gasteiger partial charge on any atom is 0.435 e. The molecule has 0 saturated carbocycles. The van der Waals surface area contributed by atoms with Crippen LogP contribution in [0.25, 0.3) is 0 Å². The zero-order valence-corrected chi connectivity index (χ0v) is 6.43. The van der Waals surface area contributed by atoms with Crippen molar-refractivity contribution in [2.75, 3.05) is 0 Å². The van der Waals surface area contributed by atoms with Gasteiger partial charge in [-0.25, -0.2) is 17.6 Å². The van der Waals surface area contributed by atoms with E-state index in [1.165, 1.54) is 0 Å². The Balaban J connectivity index is 3.30. The van der Waals surface area contributed by atoms with Gasteiger partial charge in [0.25, 0.3) is 0 Å². The van der Waals surface area contributed by atoms with E-state index in [9.17, 15) is 30.7 Å². The molecule has 1 aliphatic carbocycles. The van der Waals surface area contributed by atoms with Crippen molar-refractivity contribution in [2.45, 2.75) is 18.3 Å². The first-order valence-corrected chi connectivity index (χ1v) is 3.37. The van der Waals surface area contributed by atoms with Gasteiger partial charge in [0, 0.05) is 6.42 Å². The molecule has 0 aromatic heterocycles. The molecule has 0 N–H and O–H groups in total. The van der Waals surface area contributed by atoms with Crippen LogP contribution in [0.1, 0.15) is 6.42 Å². The molecule has 1 rings (SSSR count). The van der Waals surface area contributed by atoms with Gasteiger partial charge in [-0.15, -0.1) is 0 Å². The number of rotatable bonds is 0. The summed E-state index contributed by atoms with van der Waals surface area (Å²) in [5.41, 5.74) is -4.96. The van der Waals surface area contributed by atoms with Gasteiger partial charge < -0.3 is 0 Å². The lowest BCUT2D eigenvalue weighted by Gasteiger charge is -2.27. The maximum atomic E-state index is 12.9. The summed E-state index contributed by atoms with van der Waals surface area (Å²) in [5, 5.41) is 0. The molecule has 0 amide bonds. The Kier molecular flexibility index (Phi) is 2.37. The van der Waals surface area contributed by atoms with E-state index in [1.807, 2.05) is 0 Å². The Bertz CT molecular complexity index is 310. The summed E-state index contributed by atoms with van der Waals surface area (Å²) < 4.78 is 85.9. The van der Waals surface area contributed by atoms with Gasteiger partial charge in [-0.05, 0) is 6.08 Å². The summed E-state index contributed by atoms with van der Waals surface area (Å²) in [6.45, 7) is 0. The molecule has 0 fully saturated rings. The lowest BCUT2D eigenvalue weighted by atomic mass is 9.95. The van der Waals surface area contributed by atoms with Crippen LogP contribution in [-0.2, 0) is 0 Å². The molecule has 14 heavy (non-hydrogen) atoms. The van der Waals surface area contributed by atoms with Gasteiger partial charge in [-0.1, -0.05) is 0 Å². The zero-order valence-electron chi connectivity index (χ0n) is 6.43. The van der Waals surface area contributed by atoms with Crippen molar-refractivity contribution in [1.29, 1.82) is 0 Å². The molecule has 0 aromatic carbocycles. The quantitative estimate of drug-likeness (QED) is 0.546. The van der Waals surface area contributed by atoms with Gasteiger partial charge in [0.1, 0.15) is 5.83 Å². The Morgan fingerprint density at radius 1 is 1.14 bits per heavy atom. The molecule has 0 nitrogen and oxygen atoms in total. The van der Waals surface area contributed by atoms with Crippen molar-refractivity contribution in [3.05, 3.63) is 23.6 Å². The third-order valence-electron chi connectivity index (χ3n) is 1.72. The lowest BCUT2D eigenvalue weighted by molar-refractivity contribution is -0.214. The second-order valence-corrected chi connectivity index (χ2v) is 2.63. The highest BCUT2D eigenvalue weighted by Crippen LogP contribution is 2.49. The number of hydrogen-bond acceptors (Lipinski definition) is 0. The SMILES string of the molecule is FC1=CCC(F)=C(F)C1(F)C(F)(F)F. The molecule has 0 aliphatic heterocycles. The molecule has 0 bridgehead atoms. The second-order valence-electron chi connectivity index (χ2n) is 2.63. The first-order valence-electron chi connectivity index (χ1n) is 3.37. The van der Waals surface area contributed by atoms with E-state index in [0.29, 0.717) is 0 Å². The third kappa shape index (κ3) is 1.31. The third-order valence-corrected chi connectivity index (χ3v) is 1.72. The summed E-state index contributed by atoms with van der Waals surface area (Å²) in [4.78, 5) is 0. The summed E-state index contributed by atoms with van der Waals surface area (Å²) in [5.74, 6) is -7.08. The highest BCUT2D eigenvalue weighted by atomic mass is 19.4. The number of allylic oxidation sites excluding steroid dienone is 4. The Morgan fingerprint density at radius 3 is 2.00 bits per heavy atom. The van der Waals surface area contributed by atoms with Gasteiger partial charge in [0.05, 0.1) is 0 Å². The largest absolute Gasteiger partial charge is 0.435 e. The first kappa shape index (κ1) is 11.1. The maximum absolute atomic E-state index is 12.9. The van der Waals surface area contributed by atoms with Gasteiger partial charge in [0.2, 0.25) is 0 Å². The number of alkyl halides is 4. The molecule has 0 saturated heterocycles. The molecular formula is C7H3F7. The standard InChI is InChI=1S/C7H3F7/c8-3-1-2-4(9)6(11,5(3)10)7(12,13)14/h2H,1H2. The van der Waals surface area contributed by atoms with Crippen molar-refractivity contribution in [3.8, 4) is 0 Å². The summed E-state index contributed by atoms with van der Waals surface area (Å²) >= 11 is 0. The molecule has 0 radical (unpaired) electrons. The topological polar surface area (TPSA) is 0 Å². The number of halogens is 7. The van der Waals surface area contributed by atoms with Crippen molar-refractivity contribution in [3.63, 3.8) is 0 Å². The van der Waals surface area contributed by atoms with Crippen LogP contribution < -0.4 is 0 Å². The lowest BCUT2D eigenvalue weighted by Crippen LogP contribution is -2.43. The van der Waals surface area contributed by atoms with Gasteiger partial charge in [-0.3, -0.25) is 0 Å². The average molecular weight is 220 g/mol. The summed E-state index contributed by atoms with van der Waals surface area (Å²) in [7, 11) is 0. The normalized spacial score (nSPS) is 29.2. The fourth-order valence-corrected chi connectivity index (χ4v) is 0.961. The molecule has 1 unspecified atom stereocenters. The van der Waals surface area contributed by atoms with Crippen LogP contribution in [0, 0.1) is 0 Å². The minimum Gasteiger partial charge on any atom is -0.218 e. The summed E-state index contributed by atoms with van der Waals surface area (Å²) in [6, 6.07) is 0. The average Bonchev–Trinajstić information content (AvgIpc) is 2.06. The minimum absolute atomic E-state index is 0.0197.